The second kappa shape index (κ2) is 4.83. The fourth-order valence-corrected chi connectivity index (χ4v) is 3.67. The monoisotopic (exact) mass is 316 g/mol. The van der Waals surface area contributed by atoms with Crippen molar-refractivity contribution in [3.8, 4) is 0 Å². The molecule has 3 rings (SSSR count). The highest BCUT2D eigenvalue weighted by atomic mass is 35.5. The highest BCUT2D eigenvalue weighted by molar-refractivity contribution is 6.42. The summed E-state index contributed by atoms with van der Waals surface area (Å²) in [6.07, 6.45) is 4.81. The lowest BCUT2D eigenvalue weighted by atomic mass is 9.99. The zero-order valence-corrected chi connectivity index (χ0v) is 13.0. The molecule has 19 heavy (non-hydrogen) atoms. The summed E-state index contributed by atoms with van der Waals surface area (Å²) in [7, 11) is 0. The van der Waals surface area contributed by atoms with Gasteiger partial charge in [0.15, 0.2) is 0 Å². The number of aromatic nitrogens is 2. The third kappa shape index (κ3) is 2.14. The molecule has 2 nitrogen and oxygen atoms in total. The van der Waals surface area contributed by atoms with E-state index in [0.717, 1.165) is 29.7 Å². The van der Waals surface area contributed by atoms with Crippen LogP contribution in [0.3, 0.4) is 0 Å². The van der Waals surface area contributed by atoms with Crippen molar-refractivity contribution in [1.29, 1.82) is 0 Å². The summed E-state index contributed by atoms with van der Waals surface area (Å²) in [6, 6.07) is 3.73. The Hall–Kier alpha value is -0.440. The zero-order valence-electron chi connectivity index (χ0n) is 10.7. The zero-order chi connectivity index (χ0) is 13.6. The third-order valence-electron chi connectivity index (χ3n) is 4.11. The Balaban J connectivity index is 2.29. The summed E-state index contributed by atoms with van der Waals surface area (Å²) in [5.41, 5.74) is 2.00. The second-order valence-electron chi connectivity index (χ2n) is 5.46. The number of hydrogen-bond donors (Lipinski definition) is 0. The average molecular weight is 318 g/mol. The number of fused-ring (bicyclic) bond motifs is 1. The van der Waals surface area contributed by atoms with Crippen LogP contribution in [0.15, 0.2) is 12.1 Å². The molecule has 0 atom stereocenters. The molecule has 1 aliphatic carbocycles. The first-order valence-electron chi connectivity index (χ1n) is 6.48. The fraction of sp³-hybridized carbons (Fsp3) is 0.500. The number of nitrogens with zero attached hydrogens (tertiary/aromatic N) is 2. The molecule has 0 N–H and O–H groups in total. The Kier molecular flexibility index (Phi) is 3.45. The van der Waals surface area contributed by atoms with Gasteiger partial charge in [-0.2, -0.15) is 0 Å². The highest BCUT2D eigenvalue weighted by Crippen LogP contribution is 2.40. The van der Waals surface area contributed by atoms with E-state index in [1.165, 1.54) is 12.8 Å². The van der Waals surface area contributed by atoms with Gasteiger partial charge in [0.1, 0.15) is 5.82 Å². The van der Waals surface area contributed by atoms with Crippen molar-refractivity contribution in [2.24, 2.45) is 0 Å². The van der Waals surface area contributed by atoms with Crippen LogP contribution in [-0.4, -0.2) is 9.55 Å². The molecular formula is C14H15Cl3N2. The Morgan fingerprint density at radius 1 is 1.21 bits per heavy atom. The molecule has 1 aliphatic rings. The van der Waals surface area contributed by atoms with Crippen LogP contribution in [0.1, 0.15) is 38.4 Å². The summed E-state index contributed by atoms with van der Waals surface area (Å²) >= 11 is 18.3. The molecule has 0 amide bonds. The number of imidazole rings is 1. The molecule has 0 radical (unpaired) electrons. The molecule has 0 bridgehead atoms. The van der Waals surface area contributed by atoms with Gasteiger partial charge in [-0.05, 0) is 31.9 Å². The van der Waals surface area contributed by atoms with Crippen LogP contribution in [0.5, 0.6) is 0 Å². The third-order valence-corrected chi connectivity index (χ3v) is 5.07. The van der Waals surface area contributed by atoms with Crippen molar-refractivity contribution in [2.45, 2.75) is 44.0 Å². The Bertz CT molecular complexity index is 627. The molecule has 1 heterocycles. The molecule has 1 saturated carbocycles. The second-order valence-corrected chi connectivity index (χ2v) is 6.54. The largest absolute Gasteiger partial charge is 0.321 e. The molecule has 5 heteroatoms. The van der Waals surface area contributed by atoms with E-state index in [1.54, 1.807) is 0 Å². The SMILES string of the molecule is CC1(n2c(CCl)nc3cc(Cl)c(Cl)cc32)CCCC1. The topological polar surface area (TPSA) is 17.8 Å². The van der Waals surface area contributed by atoms with Crippen LogP contribution in [0.4, 0.5) is 0 Å². The van der Waals surface area contributed by atoms with E-state index < -0.39 is 0 Å². The molecule has 1 aromatic carbocycles. The van der Waals surface area contributed by atoms with Gasteiger partial charge in [-0.15, -0.1) is 11.6 Å². The van der Waals surface area contributed by atoms with Crippen molar-refractivity contribution in [1.82, 2.24) is 9.55 Å². The molecule has 1 fully saturated rings. The van der Waals surface area contributed by atoms with Crippen molar-refractivity contribution >= 4 is 45.8 Å². The van der Waals surface area contributed by atoms with E-state index in [0.29, 0.717) is 15.9 Å². The average Bonchev–Trinajstić information content (AvgIpc) is 2.94. The van der Waals surface area contributed by atoms with Crippen molar-refractivity contribution in [3.05, 3.63) is 28.0 Å². The first-order valence-corrected chi connectivity index (χ1v) is 7.77. The number of benzene rings is 1. The van der Waals surface area contributed by atoms with E-state index >= 15 is 0 Å². The van der Waals surface area contributed by atoms with Crippen LogP contribution < -0.4 is 0 Å². The van der Waals surface area contributed by atoms with Gasteiger partial charge in [0.2, 0.25) is 0 Å². The van der Waals surface area contributed by atoms with E-state index in [4.69, 9.17) is 34.8 Å². The van der Waals surface area contributed by atoms with Crippen LogP contribution >= 0.6 is 34.8 Å². The minimum Gasteiger partial charge on any atom is -0.321 e. The van der Waals surface area contributed by atoms with Crippen molar-refractivity contribution in [3.63, 3.8) is 0 Å². The maximum atomic E-state index is 6.16. The summed E-state index contributed by atoms with van der Waals surface area (Å²) in [5.74, 6) is 1.30. The minimum absolute atomic E-state index is 0.0934. The predicted molar refractivity (Wildman–Crippen MR) is 81.4 cm³/mol. The number of alkyl halides is 1. The lowest BCUT2D eigenvalue weighted by Gasteiger charge is -2.28. The van der Waals surface area contributed by atoms with E-state index in [1.807, 2.05) is 12.1 Å². The summed E-state index contributed by atoms with van der Waals surface area (Å²) in [6.45, 7) is 2.28. The van der Waals surface area contributed by atoms with Gasteiger partial charge in [0, 0.05) is 5.54 Å². The van der Waals surface area contributed by atoms with Gasteiger partial charge < -0.3 is 4.57 Å². The molecule has 1 aromatic heterocycles. The molecule has 0 spiro atoms. The quantitative estimate of drug-likeness (QED) is 0.681. The van der Waals surface area contributed by atoms with E-state index in [9.17, 15) is 0 Å². The predicted octanol–water partition coefficient (Wildman–Crippen LogP) is 5.37. The lowest BCUT2D eigenvalue weighted by Crippen LogP contribution is -2.27. The van der Waals surface area contributed by atoms with Gasteiger partial charge in [0.25, 0.3) is 0 Å². The van der Waals surface area contributed by atoms with Crippen LogP contribution in [0.2, 0.25) is 10.0 Å². The lowest BCUT2D eigenvalue weighted by molar-refractivity contribution is 0.331. The van der Waals surface area contributed by atoms with Crippen LogP contribution in [-0.2, 0) is 11.4 Å². The fourth-order valence-electron chi connectivity index (χ4n) is 3.17. The maximum Gasteiger partial charge on any atom is 0.125 e. The van der Waals surface area contributed by atoms with Gasteiger partial charge >= 0.3 is 0 Å². The van der Waals surface area contributed by atoms with Gasteiger partial charge in [-0.1, -0.05) is 36.0 Å². The minimum atomic E-state index is 0.0934. The smallest absolute Gasteiger partial charge is 0.125 e. The van der Waals surface area contributed by atoms with Crippen LogP contribution in [0.25, 0.3) is 11.0 Å². The summed E-state index contributed by atoms with van der Waals surface area (Å²) in [4.78, 5) is 4.61. The van der Waals surface area contributed by atoms with Gasteiger partial charge in [-0.25, -0.2) is 4.98 Å². The first-order chi connectivity index (χ1) is 9.05. The number of rotatable bonds is 2. The van der Waals surface area contributed by atoms with Crippen LogP contribution in [0, 0.1) is 0 Å². The maximum absolute atomic E-state index is 6.16. The highest BCUT2D eigenvalue weighted by Gasteiger charge is 2.33. The molecule has 102 valence electrons. The standard InChI is InChI=1S/C14H15Cl3N2/c1-14(4-2-3-5-14)19-12-7-10(17)9(16)6-11(12)18-13(19)8-15/h6-7H,2-5,8H2,1H3. The molecule has 2 aromatic rings. The Morgan fingerprint density at radius 2 is 1.84 bits per heavy atom. The normalized spacial score (nSPS) is 18.3. The molecule has 0 saturated heterocycles. The first kappa shape index (κ1) is 13.5. The van der Waals surface area contributed by atoms with E-state index in [2.05, 4.69) is 16.5 Å². The Labute approximate surface area is 127 Å². The molecule has 0 unspecified atom stereocenters. The van der Waals surface area contributed by atoms with Gasteiger partial charge in [-0.3, -0.25) is 0 Å². The van der Waals surface area contributed by atoms with Gasteiger partial charge in [0.05, 0.1) is 27.0 Å². The van der Waals surface area contributed by atoms with Crippen molar-refractivity contribution in [2.75, 3.05) is 0 Å². The van der Waals surface area contributed by atoms with E-state index in [-0.39, 0.29) is 5.54 Å². The molecule has 0 aliphatic heterocycles. The number of hydrogen-bond acceptors (Lipinski definition) is 1. The Morgan fingerprint density at radius 3 is 2.47 bits per heavy atom. The summed E-state index contributed by atoms with van der Waals surface area (Å²) < 4.78 is 2.27. The molecular weight excluding hydrogens is 303 g/mol. The van der Waals surface area contributed by atoms with Crippen molar-refractivity contribution < 1.29 is 0 Å². The summed E-state index contributed by atoms with van der Waals surface area (Å²) in [5, 5.41) is 1.11. The number of halogens is 3.